The van der Waals surface area contributed by atoms with Crippen LogP contribution in [0.5, 0.6) is 5.75 Å². The second-order valence-corrected chi connectivity index (χ2v) is 4.03. The molecule has 0 atom stereocenters. The lowest BCUT2D eigenvalue weighted by Crippen LogP contribution is -1.99. The van der Waals surface area contributed by atoms with E-state index in [1.807, 2.05) is 0 Å². The minimum atomic E-state index is -0.460. The average Bonchev–Trinajstić information content (AvgIpc) is 2.85. The predicted octanol–water partition coefficient (Wildman–Crippen LogP) is 2.27. The fourth-order valence-corrected chi connectivity index (χ4v) is 1.80. The summed E-state index contributed by atoms with van der Waals surface area (Å²) in [6, 6.07) is 6.27. The normalized spacial score (nSPS) is 10.2. The molecular formula is C13H12N2O4. The van der Waals surface area contributed by atoms with Crippen LogP contribution in [0.15, 0.2) is 36.7 Å². The van der Waals surface area contributed by atoms with E-state index in [4.69, 9.17) is 4.74 Å². The third-order valence-electron chi connectivity index (χ3n) is 2.67. The summed E-state index contributed by atoms with van der Waals surface area (Å²) in [4.78, 5) is 21.0. The molecule has 0 aliphatic rings. The Balaban J connectivity index is 2.30. The monoisotopic (exact) mass is 260 g/mol. The van der Waals surface area contributed by atoms with Crippen molar-refractivity contribution in [3.63, 3.8) is 0 Å². The minimum Gasteiger partial charge on any atom is -0.496 e. The highest BCUT2D eigenvalue weighted by atomic mass is 16.6. The molecule has 6 nitrogen and oxygen atoms in total. The minimum absolute atomic E-state index is 0.0166. The summed E-state index contributed by atoms with van der Waals surface area (Å²) in [5.74, 6) is 0.437. The maximum atomic E-state index is 10.8. The molecule has 0 saturated heterocycles. The quantitative estimate of drug-likeness (QED) is 0.469. The first-order chi connectivity index (χ1) is 9.12. The summed E-state index contributed by atoms with van der Waals surface area (Å²) < 4.78 is 6.82. The van der Waals surface area contributed by atoms with Gasteiger partial charge in [-0.15, -0.1) is 0 Å². The lowest BCUT2D eigenvalue weighted by Gasteiger charge is -2.06. The van der Waals surface area contributed by atoms with Gasteiger partial charge < -0.3 is 9.30 Å². The van der Waals surface area contributed by atoms with Crippen LogP contribution in [-0.2, 0) is 6.54 Å². The van der Waals surface area contributed by atoms with Crippen molar-refractivity contribution in [1.29, 1.82) is 0 Å². The van der Waals surface area contributed by atoms with E-state index >= 15 is 0 Å². The molecule has 0 radical (unpaired) electrons. The molecule has 98 valence electrons. The standard InChI is InChI=1S/C13H12N2O4/c1-19-13-5-11(4-12(6-13)15(17)18)8-14-3-2-10(7-14)9-16/h2-7,9H,8H2,1H3. The number of non-ortho nitro benzene ring substituents is 1. The largest absolute Gasteiger partial charge is 0.496 e. The van der Waals surface area contributed by atoms with Gasteiger partial charge >= 0.3 is 0 Å². The number of nitrogens with zero attached hydrogens (tertiary/aromatic N) is 2. The molecule has 0 amide bonds. The van der Waals surface area contributed by atoms with Gasteiger partial charge in [-0.25, -0.2) is 0 Å². The van der Waals surface area contributed by atoms with E-state index in [1.54, 1.807) is 29.1 Å². The average molecular weight is 260 g/mol. The Morgan fingerprint density at radius 1 is 1.42 bits per heavy atom. The van der Waals surface area contributed by atoms with Crippen LogP contribution in [0.4, 0.5) is 5.69 Å². The fraction of sp³-hybridized carbons (Fsp3) is 0.154. The summed E-state index contributed by atoms with van der Waals surface area (Å²) >= 11 is 0. The van der Waals surface area contributed by atoms with Gasteiger partial charge in [-0.2, -0.15) is 0 Å². The first-order valence-corrected chi connectivity index (χ1v) is 5.55. The van der Waals surface area contributed by atoms with Gasteiger partial charge in [0.25, 0.3) is 5.69 Å². The summed E-state index contributed by atoms with van der Waals surface area (Å²) in [7, 11) is 1.46. The highest BCUT2D eigenvalue weighted by molar-refractivity contribution is 5.74. The van der Waals surface area contributed by atoms with Crippen molar-refractivity contribution in [1.82, 2.24) is 4.57 Å². The zero-order chi connectivity index (χ0) is 13.8. The van der Waals surface area contributed by atoms with Gasteiger partial charge in [0.05, 0.1) is 18.1 Å². The van der Waals surface area contributed by atoms with Crippen LogP contribution < -0.4 is 4.74 Å². The Labute approximate surface area is 109 Å². The lowest BCUT2D eigenvalue weighted by molar-refractivity contribution is -0.385. The topological polar surface area (TPSA) is 74.4 Å². The van der Waals surface area contributed by atoms with E-state index in [9.17, 15) is 14.9 Å². The SMILES string of the molecule is COc1cc(Cn2ccc(C=O)c2)cc([N+](=O)[O-])c1. The molecule has 2 rings (SSSR count). The molecule has 0 aliphatic carbocycles. The molecule has 1 aromatic heterocycles. The van der Waals surface area contributed by atoms with Crippen molar-refractivity contribution in [2.45, 2.75) is 6.54 Å². The highest BCUT2D eigenvalue weighted by Gasteiger charge is 2.10. The Bertz CT molecular complexity index is 619. The van der Waals surface area contributed by atoms with Crippen molar-refractivity contribution in [2.75, 3.05) is 7.11 Å². The van der Waals surface area contributed by atoms with Gasteiger partial charge in [0.15, 0.2) is 6.29 Å². The number of aldehydes is 1. The number of carbonyl (C=O) groups is 1. The van der Waals surface area contributed by atoms with E-state index in [0.29, 0.717) is 17.9 Å². The van der Waals surface area contributed by atoms with E-state index < -0.39 is 4.92 Å². The Morgan fingerprint density at radius 3 is 2.79 bits per heavy atom. The van der Waals surface area contributed by atoms with Gasteiger partial charge in [-0.1, -0.05) is 0 Å². The number of aromatic nitrogens is 1. The summed E-state index contributed by atoms with van der Waals surface area (Å²) in [6.07, 6.45) is 4.18. The van der Waals surface area contributed by atoms with E-state index in [0.717, 1.165) is 11.8 Å². The molecular weight excluding hydrogens is 248 g/mol. The van der Waals surface area contributed by atoms with Gasteiger partial charge in [0.1, 0.15) is 5.75 Å². The smallest absolute Gasteiger partial charge is 0.273 e. The van der Waals surface area contributed by atoms with E-state index in [-0.39, 0.29) is 5.69 Å². The molecule has 2 aromatic rings. The number of nitro groups is 1. The van der Waals surface area contributed by atoms with Gasteiger partial charge in [0.2, 0.25) is 0 Å². The first kappa shape index (κ1) is 12.8. The number of rotatable bonds is 5. The number of hydrogen-bond acceptors (Lipinski definition) is 4. The van der Waals surface area contributed by atoms with Crippen molar-refractivity contribution in [2.24, 2.45) is 0 Å². The Morgan fingerprint density at radius 2 is 2.21 bits per heavy atom. The van der Waals surface area contributed by atoms with Gasteiger partial charge in [0, 0.05) is 30.6 Å². The number of benzene rings is 1. The molecule has 0 fully saturated rings. The summed E-state index contributed by atoms with van der Waals surface area (Å²) in [5.41, 5.74) is 1.29. The molecule has 1 aromatic carbocycles. The molecule has 1 heterocycles. The van der Waals surface area contributed by atoms with Crippen LogP contribution in [0.25, 0.3) is 0 Å². The van der Waals surface area contributed by atoms with Crippen molar-refractivity contribution in [3.8, 4) is 5.75 Å². The molecule has 0 unspecified atom stereocenters. The van der Waals surface area contributed by atoms with Crippen LogP contribution in [0.2, 0.25) is 0 Å². The molecule has 6 heteroatoms. The molecule has 0 N–H and O–H groups in total. The van der Waals surface area contributed by atoms with E-state index in [1.165, 1.54) is 19.2 Å². The number of carbonyl (C=O) groups excluding carboxylic acids is 1. The first-order valence-electron chi connectivity index (χ1n) is 5.55. The molecule has 0 aliphatic heterocycles. The third-order valence-corrected chi connectivity index (χ3v) is 2.67. The van der Waals surface area contributed by atoms with Crippen LogP contribution in [-0.4, -0.2) is 22.9 Å². The Kier molecular flexibility index (Phi) is 3.61. The number of nitro benzene ring substituents is 1. The highest BCUT2D eigenvalue weighted by Crippen LogP contribution is 2.23. The molecule has 19 heavy (non-hydrogen) atoms. The summed E-state index contributed by atoms with van der Waals surface area (Å²) in [6.45, 7) is 0.436. The number of ether oxygens (including phenoxy) is 1. The van der Waals surface area contributed by atoms with Crippen molar-refractivity contribution >= 4 is 12.0 Å². The fourth-order valence-electron chi connectivity index (χ4n) is 1.80. The van der Waals surface area contributed by atoms with Crippen LogP contribution in [0.3, 0.4) is 0 Å². The lowest BCUT2D eigenvalue weighted by atomic mass is 10.2. The number of methoxy groups -OCH3 is 1. The van der Waals surface area contributed by atoms with Crippen LogP contribution >= 0.6 is 0 Å². The zero-order valence-corrected chi connectivity index (χ0v) is 10.3. The molecule has 0 bridgehead atoms. The molecule has 0 spiro atoms. The van der Waals surface area contributed by atoms with Crippen LogP contribution in [0.1, 0.15) is 15.9 Å². The zero-order valence-electron chi connectivity index (χ0n) is 10.3. The molecule has 0 saturated carbocycles. The van der Waals surface area contributed by atoms with Gasteiger partial charge in [-0.05, 0) is 17.7 Å². The second kappa shape index (κ2) is 5.34. The maximum Gasteiger partial charge on any atom is 0.273 e. The van der Waals surface area contributed by atoms with Crippen LogP contribution in [0, 0.1) is 10.1 Å². The maximum absolute atomic E-state index is 10.8. The predicted molar refractivity (Wildman–Crippen MR) is 68.6 cm³/mol. The van der Waals surface area contributed by atoms with Crippen molar-refractivity contribution < 1.29 is 14.5 Å². The third kappa shape index (κ3) is 2.98. The van der Waals surface area contributed by atoms with E-state index in [2.05, 4.69) is 0 Å². The Hall–Kier alpha value is -2.63. The van der Waals surface area contributed by atoms with Crippen molar-refractivity contribution in [3.05, 3.63) is 57.9 Å². The number of hydrogen-bond donors (Lipinski definition) is 0. The second-order valence-electron chi connectivity index (χ2n) is 4.03. The summed E-state index contributed by atoms with van der Waals surface area (Å²) in [5, 5.41) is 10.8. The van der Waals surface area contributed by atoms with Gasteiger partial charge in [-0.3, -0.25) is 14.9 Å².